The Morgan fingerprint density at radius 1 is 0.850 bits per heavy atom. The van der Waals surface area contributed by atoms with E-state index in [0.717, 1.165) is 25.7 Å². The average molecular weight is 280 g/mol. The molecule has 1 aliphatic carbocycles. The first-order valence-corrected chi connectivity index (χ1v) is 7.39. The summed E-state index contributed by atoms with van der Waals surface area (Å²) in [7, 11) is 0. The largest absolute Gasteiger partial charge is 0.465 e. The molecule has 1 aliphatic rings. The zero-order chi connectivity index (χ0) is 14.8. The molecule has 0 bridgehead atoms. The minimum Gasteiger partial charge on any atom is -0.465 e. The molecule has 0 aromatic rings. The van der Waals surface area contributed by atoms with E-state index in [-0.39, 0.29) is 11.9 Å². The van der Waals surface area contributed by atoms with Crippen molar-refractivity contribution in [1.29, 1.82) is 0 Å². The first kappa shape index (κ1) is 16.5. The molecule has 0 radical (unpaired) electrons. The number of allylic oxidation sites excluding steroid dienone is 2. The second kappa shape index (κ2) is 9.34. The fraction of sp³-hybridized carbons (Fsp3) is 0.625. The topological polar surface area (TPSA) is 52.6 Å². The molecule has 0 fully saturated rings. The van der Waals surface area contributed by atoms with Crippen LogP contribution in [0.5, 0.6) is 0 Å². The summed E-state index contributed by atoms with van der Waals surface area (Å²) in [4.78, 5) is 24.0. The van der Waals surface area contributed by atoms with E-state index in [9.17, 15) is 9.59 Å². The second-order valence-electron chi connectivity index (χ2n) is 4.86. The molecular formula is C16H24O4. The molecule has 0 saturated carbocycles. The second-order valence-corrected chi connectivity index (χ2v) is 4.86. The highest BCUT2D eigenvalue weighted by atomic mass is 16.5. The summed E-state index contributed by atoms with van der Waals surface area (Å²) >= 11 is 0. The van der Waals surface area contributed by atoms with E-state index in [1.54, 1.807) is 24.3 Å². The van der Waals surface area contributed by atoms with Crippen LogP contribution in [0.25, 0.3) is 0 Å². The Bertz CT molecular complexity index is 335. The van der Waals surface area contributed by atoms with Crippen molar-refractivity contribution in [1.82, 2.24) is 0 Å². The fourth-order valence-electron chi connectivity index (χ4n) is 1.88. The highest BCUT2D eigenvalue weighted by molar-refractivity contribution is 5.85. The molecule has 0 heterocycles. The molecule has 112 valence electrons. The molecule has 0 amide bonds. The van der Waals surface area contributed by atoms with E-state index in [4.69, 9.17) is 9.47 Å². The van der Waals surface area contributed by atoms with Crippen LogP contribution in [0.4, 0.5) is 0 Å². The van der Waals surface area contributed by atoms with Gasteiger partial charge in [0.1, 0.15) is 0 Å². The minimum atomic E-state index is -0.564. The Morgan fingerprint density at radius 3 is 1.60 bits per heavy atom. The molecule has 20 heavy (non-hydrogen) atoms. The third kappa shape index (κ3) is 5.19. The maximum Gasteiger partial charge on any atom is 0.314 e. The molecule has 0 aromatic carbocycles. The van der Waals surface area contributed by atoms with Gasteiger partial charge in [-0.3, -0.25) is 9.59 Å². The summed E-state index contributed by atoms with van der Waals surface area (Å²) in [5, 5.41) is 0. The summed E-state index contributed by atoms with van der Waals surface area (Å²) < 4.78 is 10.4. The summed E-state index contributed by atoms with van der Waals surface area (Å²) in [6, 6.07) is 0. The van der Waals surface area contributed by atoms with Crippen LogP contribution in [0.15, 0.2) is 24.3 Å². The Kier molecular flexibility index (Phi) is 7.70. The van der Waals surface area contributed by atoms with Gasteiger partial charge in [0.2, 0.25) is 0 Å². The number of unbranched alkanes of at least 4 members (excludes halogenated alkanes) is 2. The van der Waals surface area contributed by atoms with E-state index in [1.807, 2.05) is 13.8 Å². The van der Waals surface area contributed by atoms with Crippen LogP contribution in [0.3, 0.4) is 0 Å². The molecule has 1 rings (SSSR count). The molecule has 4 heteroatoms. The zero-order valence-corrected chi connectivity index (χ0v) is 12.3. The number of hydrogen-bond acceptors (Lipinski definition) is 4. The number of hydrogen-bond donors (Lipinski definition) is 0. The normalized spacial score (nSPS) is 20.7. The predicted octanol–water partition coefficient (Wildman–Crippen LogP) is 3.03. The Labute approximate surface area is 120 Å². The van der Waals surface area contributed by atoms with Crippen LogP contribution >= 0.6 is 0 Å². The highest BCUT2D eigenvalue weighted by Crippen LogP contribution is 2.23. The van der Waals surface area contributed by atoms with Gasteiger partial charge in [-0.25, -0.2) is 0 Å². The number of esters is 2. The molecule has 0 N–H and O–H groups in total. The molecule has 4 nitrogen and oxygen atoms in total. The van der Waals surface area contributed by atoms with E-state index >= 15 is 0 Å². The van der Waals surface area contributed by atoms with Crippen molar-refractivity contribution in [3.05, 3.63) is 24.3 Å². The molecule has 0 aromatic heterocycles. The van der Waals surface area contributed by atoms with Crippen LogP contribution < -0.4 is 0 Å². The maximum absolute atomic E-state index is 12.0. The van der Waals surface area contributed by atoms with E-state index < -0.39 is 11.8 Å². The van der Waals surface area contributed by atoms with Gasteiger partial charge >= 0.3 is 11.9 Å². The van der Waals surface area contributed by atoms with Gasteiger partial charge in [0.15, 0.2) is 0 Å². The number of ether oxygens (including phenoxy) is 2. The summed E-state index contributed by atoms with van der Waals surface area (Å²) in [6.07, 6.45) is 10.6. The van der Waals surface area contributed by atoms with Gasteiger partial charge in [-0.15, -0.1) is 0 Å². The maximum atomic E-state index is 12.0. The van der Waals surface area contributed by atoms with E-state index in [2.05, 4.69) is 0 Å². The van der Waals surface area contributed by atoms with Gasteiger partial charge in [-0.05, 0) is 12.8 Å². The lowest BCUT2D eigenvalue weighted by Gasteiger charge is -2.21. The third-order valence-corrected chi connectivity index (χ3v) is 3.16. The van der Waals surface area contributed by atoms with Crippen molar-refractivity contribution in [3.8, 4) is 0 Å². The monoisotopic (exact) mass is 280 g/mol. The Balaban J connectivity index is 2.54. The van der Waals surface area contributed by atoms with Gasteiger partial charge < -0.3 is 9.47 Å². The summed E-state index contributed by atoms with van der Waals surface area (Å²) in [6.45, 7) is 4.87. The van der Waals surface area contributed by atoms with Crippen molar-refractivity contribution in [2.24, 2.45) is 11.8 Å². The first-order chi connectivity index (χ1) is 9.70. The van der Waals surface area contributed by atoms with Gasteiger partial charge in [-0.1, -0.05) is 51.0 Å². The highest BCUT2D eigenvalue weighted by Gasteiger charge is 2.33. The quantitative estimate of drug-likeness (QED) is 0.506. The summed E-state index contributed by atoms with van der Waals surface area (Å²) in [5.74, 6) is -1.83. The number of rotatable bonds is 8. The molecule has 0 unspecified atom stereocenters. The van der Waals surface area contributed by atoms with Crippen molar-refractivity contribution >= 4 is 11.9 Å². The van der Waals surface area contributed by atoms with Crippen molar-refractivity contribution < 1.29 is 19.1 Å². The molecular weight excluding hydrogens is 256 g/mol. The first-order valence-electron chi connectivity index (χ1n) is 7.39. The van der Waals surface area contributed by atoms with Gasteiger partial charge in [0.25, 0.3) is 0 Å². The van der Waals surface area contributed by atoms with Crippen LogP contribution in [0.2, 0.25) is 0 Å². The SMILES string of the molecule is CCCCOC(=O)[C@H]1C=CC=C[C@H]1C(=O)OCCCC. The van der Waals surface area contributed by atoms with Crippen molar-refractivity contribution in [2.75, 3.05) is 13.2 Å². The van der Waals surface area contributed by atoms with Crippen LogP contribution in [0, 0.1) is 11.8 Å². The average Bonchev–Trinajstić information content (AvgIpc) is 2.47. The van der Waals surface area contributed by atoms with Crippen LogP contribution in [-0.2, 0) is 19.1 Å². The van der Waals surface area contributed by atoms with Gasteiger partial charge in [0.05, 0.1) is 25.0 Å². The summed E-state index contributed by atoms with van der Waals surface area (Å²) in [5.41, 5.74) is 0. The van der Waals surface area contributed by atoms with Crippen LogP contribution in [-0.4, -0.2) is 25.2 Å². The zero-order valence-electron chi connectivity index (χ0n) is 12.3. The molecule has 0 spiro atoms. The van der Waals surface area contributed by atoms with Gasteiger partial charge in [-0.2, -0.15) is 0 Å². The molecule has 0 aliphatic heterocycles. The smallest absolute Gasteiger partial charge is 0.314 e. The lowest BCUT2D eigenvalue weighted by molar-refractivity contribution is -0.157. The third-order valence-electron chi connectivity index (χ3n) is 3.16. The standard InChI is InChI=1S/C16H24O4/c1-3-5-11-19-15(17)13-9-7-8-10-14(13)16(18)20-12-6-4-2/h7-10,13-14H,3-6,11-12H2,1-2H3/t13-,14+. The van der Waals surface area contributed by atoms with Crippen LogP contribution in [0.1, 0.15) is 39.5 Å². The van der Waals surface area contributed by atoms with E-state index in [1.165, 1.54) is 0 Å². The minimum absolute atomic E-state index is 0.350. The Hall–Kier alpha value is -1.58. The molecule has 0 saturated heterocycles. The van der Waals surface area contributed by atoms with Gasteiger partial charge in [0, 0.05) is 0 Å². The predicted molar refractivity (Wildman–Crippen MR) is 77.0 cm³/mol. The Morgan fingerprint density at radius 2 is 1.25 bits per heavy atom. The number of carbonyl (C=O) groups is 2. The van der Waals surface area contributed by atoms with E-state index in [0.29, 0.717) is 13.2 Å². The number of carbonyl (C=O) groups excluding carboxylic acids is 2. The fourth-order valence-corrected chi connectivity index (χ4v) is 1.88. The lowest BCUT2D eigenvalue weighted by Crippen LogP contribution is -2.31. The molecule has 2 atom stereocenters. The lowest BCUT2D eigenvalue weighted by atomic mass is 9.88. The van der Waals surface area contributed by atoms with Crippen molar-refractivity contribution in [2.45, 2.75) is 39.5 Å². The van der Waals surface area contributed by atoms with Crippen molar-refractivity contribution in [3.63, 3.8) is 0 Å².